The Balaban J connectivity index is 2.00. The molecule has 0 aliphatic carbocycles. The number of rotatable bonds is 3. The molecule has 2 N–H and O–H groups in total. The Hall–Kier alpha value is -1.26. The summed E-state index contributed by atoms with van der Waals surface area (Å²) in [6, 6.07) is 10.6. The Bertz CT molecular complexity index is 567. The predicted octanol–water partition coefficient (Wildman–Crippen LogP) is 3.49. The van der Waals surface area contributed by atoms with E-state index in [0.717, 1.165) is 29.6 Å². The highest BCUT2D eigenvalue weighted by molar-refractivity contribution is 9.10. The van der Waals surface area contributed by atoms with Crippen molar-refractivity contribution in [2.45, 2.75) is 18.9 Å². The van der Waals surface area contributed by atoms with E-state index in [2.05, 4.69) is 45.1 Å². The molecule has 3 nitrogen and oxygen atoms in total. The van der Waals surface area contributed by atoms with Crippen LogP contribution in [0.4, 0.5) is 5.69 Å². The van der Waals surface area contributed by atoms with Gasteiger partial charge in [0.05, 0.1) is 10.7 Å². The van der Waals surface area contributed by atoms with Crippen molar-refractivity contribution in [3.8, 4) is 0 Å². The van der Waals surface area contributed by atoms with Gasteiger partial charge in [0.2, 0.25) is 0 Å². The number of nitrogens with zero attached hydrogens (tertiary/aromatic N) is 1. The van der Waals surface area contributed by atoms with Gasteiger partial charge in [0.25, 0.3) is 0 Å². The summed E-state index contributed by atoms with van der Waals surface area (Å²) in [6.07, 6.45) is 4.01. The molecule has 1 aliphatic rings. The average molecular weight is 321 g/mol. The SMILES string of the molecule is NCC(c1occc1Br)N1CCCc2ccccc21. The Labute approximate surface area is 121 Å². The number of aryl methyl sites for hydroxylation is 1. The van der Waals surface area contributed by atoms with Crippen LogP contribution in [0.5, 0.6) is 0 Å². The molecule has 0 spiro atoms. The Morgan fingerprint density at radius 1 is 1.32 bits per heavy atom. The lowest BCUT2D eigenvalue weighted by Gasteiger charge is -2.36. The van der Waals surface area contributed by atoms with Gasteiger partial charge in [-0.2, -0.15) is 0 Å². The van der Waals surface area contributed by atoms with Crippen molar-refractivity contribution in [2.24, 2.45) is 5.73 Å². The minimum absolute atomic E-state index is 0.0887. The van der Waals surface area contributed by atoms with E-state index in [1.54, 1.807) is 6.26 Å². The van der Waals surface area contributed by atoms with Crippen LogP contribution in [0.25, 0.3) is 0 Å². The van der Waals surface area contributed by atoms with Crippen LogP contribution in [0.2, 0.25) is 0 Å². The maximum Gasteiger partial charge on any atom is 0.141 e. The van der Waals surface area contributed by atoms with E-state index in [9.17, 15) is 0 Å². The summed E-state index contributed by atoms with van der Waals surface area (Å²) < 4.78 is 6.61. The lowest BCUT2D eigenvalue weighted by Crippen LogP contribution is -2.37. The van der Waals surface area contributed by atoms with Crippen molar-refractivity contribution in [1.82, 2.24) is 0 Å². The maximum atomic E-state index is 6.00. The smallest absolute Gasteiger partial charge is 0.141 e. The van der Waals surface area contributed by atoms with E-state index in [1.165, 1.54) is 11.3 Å². The second kappa shape index (κ2) is 5.39. The first-order valence-corrected chi connectivity index (χ1v) is 7.38. The van der Waals surface area contributed by atoms with Crippen LogP contribution in [0, 0.1) is 0 Å². The lowest BCUT2D eigenvalue weighted by atomic mass is 9.99. The van der Waals surface area contributed by atoms with E-state index in [-0.39, 0.29) is 6.04 Å². The van der Waals surface area contributed by atoms with Crippen LogP contribution in [-0.4, -0.2) is 13.1 Å². The molecule has 0 radical (unpaired) electrons. The minimum atomic E-state index is 0.0887. The van der Waals surface area contributed by atoms with Gasteiger partial charge in [0, 0.05) is 18.8 Å². The number of hydrogen-bond donors (Lipinski definition) is 1. The summed E-state index contributed by atoms with van der Waals surface area (Å²) in [6.45, 7) is 1.56. The van der Waals surface area contributed by atoms with Crippen molar-refractivity contribution in [3.05, 3.63) is 52.4 Å². The van der Waals surface area contributed by atoms with Crippen LogP contribution in [0.1, 0.15) is 23.8 Å². The topological polar surface area (TPSA) is 42.4 Å². The summed E-state index contributed by atoms with van der Waals surface area (Å²) in [5.74, 6) is 0.916. The zero-order valence-corrected chi connectivity index (χ0v) is 12.3. The molecule has 0 saturated heterocycles. The fraction of sp³-hybridized carbons (Fsp3) is 0.333. The number of hydrogen-bond acceptors (Lipinski definition) is 3. The van der Waals surface area contributed by atoms with Gasteiger partial charge in [-0.05, 0) is 46.5 Å². The Morgan fingerprint density at radius 2 is 2.16 bits per heavy atom. The summed E-state index contributed by atoms with van der Waals surface area (Å²) in [5, 5.41) is 0. The maximum absolute atomic E-state index is 6.00. The molecule has 3 rings (SSSR count). The number of halogens is 1. The molecule has 1 aliphatic heterocycles. The highest BCUT2D eigenvalue weighted by Gasteiger charge is 2.27. The monoisotopic (exact) mass is 320 g/mol. The third-order valence-corrected chi connectivity index (χ3v) is 4.35. The van der Waals surface area contributed by atoms with Crippen LogP contribution in [0.3, 0.4) is 0 Å². The van der Waals surface area contributed by atoms with Crippen molar-refractivity contribution >= 4 is 21.6 Å². The molecule has 19 heavy (non-hydrogen) atoms. The number of furan rings is 1. The van der Waals surface area contributed by atoms with Crippen molar-refractivity contribution in [3.63, 3.8) is 0 Å². The summed E-state index contributed by atoms with van der Waals surface area (Å²) in [4.78, 5) is 2.36. The molecule has 0 amide bonds. The summed E-state index contributed by atoms with van der Waals surface area (Å²) in [7, 11) is 0. The zero-order valence-electron chi connectivity index (χ0n) is 10.7. The molecule has 0 fully saturated rings. The molecule has 100 valence electrons. The van der Waals surface area contributed by atoms with E-state index < -0.39 is 0 Å². The number of nitrogens with two attached hydrogens (primary N) is 1. The van der Waals surface area contributed by atoms with Crippen LogP contribution in [-0.2, 0) is 6.42 Å². The first-order chi connectivity index (χ1) is 9.31. The van der Waals surface area contributed by atoms with E-state index in [4.69, 9.17) is 10.2 Å². The van der Waals surface area contributed by atoms with Gasteiger partial charge in [-0.25, -0.2) is 0 Å². The number of para-hydroxylation sites is 1. The molecule has 1 unspecified atom stereocenters. The van der Waals surface area contributed by atoms with Gasteiger partial charge in [-0.15, -0.1) is 0 Å². The predicted molar refractivity (Wildman–Crippen MR) is 80.3 cm³/mol. The quantitative estimate of drug-likeness (QED) is 0.941. The first kappa shape index (κ1) is 12.8. The molecule has 2 aromatic rings. The van der Waals surface area contributed by atoms with Crippen LogP contribution in [0.15, 0.2) is 45.5 Å². The fourth-order valence-corrected chi connectivity index (χ4v) is 3.27. The standard InChI is InChI=1S/C15H17BrN2O/c16-12-7-9-19-15(12)14(10-17)18-8-3-5-11-4-1-2-6-13(11)18/h1-2,4,6-7,9,14H,3,5,8,10,17H2. The zero-order chi connectivity index (χ0) is 13.2. The largest absolute Gasteiger partial charge is 0.466 e. The van der Waals surface area contributed by atoms with Gasteiger partial charge in [-0.1, -0.05) is 18.2 Å². The third kappa shape index (κ3) is 2.30. The number of anilines is 1. The lowest BCUT2D eigenvalue weighted by molar-refractivity contribution is 0.442. The summed E-state index contributed by atoms with van der Waals surface area (Å²) in [5.41, 5.74) is 8.68. The molecule has 1 atom stereocenters. The molecule has 1 aromatic heterocycles. The fourth-order valence-electron chi connectivity index (χ4n) is 2.81. The van der Waals surface area contributed by atoms with Gasteiger partial charge in [0.15, 0.2) is 0 Å². The molecular weight excluding hydrogens is 304 g/mol. The minimum Gasteiger partial charge on any atom is -0.466 e. The highest BCUT2D eigenvalue weighted by Crippen LogP contribution is 2.36. The molecule has 0 saturated carbocycles. The van der Waals surface area contributed by atoms with Crippen molar-refractivity contribution < 1.29 is 4.42 Å². The van der Waals surface area contributed by atoms with Gasteiger partial charge in [-0.3, -0.25) is 0 Å². The van der Waals surface area contributed by atoms with E-state index >= 15 is 0 Å². The average Bonchev–Trinajstić information content (AvgIpc) is 2.86. The molecule has 0 bridgehead atoms. The van der Waals surface area contributed by atoms with Gasteiger partial charge >= 0.3 is 0 Å². The van der Waals surface area contributed by atoms with Crippen molar-refractivity contribution in [1.29, 1.82) is 0 Å². The van der Waals surface area contributed by atoms with Crippen LogP contribution < -0.4 is 10.6 Å². The molecule has 4 heteroatoms. The van der Waals surface area contributed by atoms with Crippen LogP contribution >= 0.6 is 15.9 Å². The molecular formula is C15H17BrN2O. The summed E-state index contributed by atoms with van der Waals surface area (Å²) >= 11 is 3.54. The number of fused-ring (bicyclic) bond motifs is 1. The second-order valence-corrected chi connectivity index (χ2v) is 5.66. The third-order valence-electron chi connectivity index (χ3n) is 3.69. The highest BCUT2D eigenvalue weighted by atomic mass is 79.9. The molecule has 1 aromatic carbocycles. The van der Waals surface area contributed by atoms with E-state index in [0.29, 0.717) is 6.54 Å². The molecule has 2 heterocycles. The Morgan fingerprint density at radius 3 is 2.89 bits per heavy atom. The second-order valence-electron chi connectivity index (χ2n) is 4.81. The normalized spacial score (nSPS) is 16.2. The van der Waals surface area contributed by atoms with Gasteiger partial charge < -0.3 is 15.1 Å². The number of benzene rings is 1. The Kier molecular flexibility index (Phi) is 3.62. The first-order valence-electron chi connectivity index (χ1n) is 6.58. The van der Waals surface area contributed by atoms with Gasteiger partial charge in [0.1, 0.15) is 11.8 Å². The van der Waals surface area contributed by atoms with Crippen molar-refractivity contribution in [2.75, 3.05) is 18.0 Å². The van der Waals surface area contributed by atoms with E-state index in [1.807, 2.05) is 6.07 Å².